The van der Waals surface area contributed by atoms with Crippen molar-refractivity contribution < 1.29 is 23.9 Å². The first-order valence-electron chi connectivity index (χ1n) is 10.2. The number of hydrogen-bond acceptors (Lipinski definition) is 5. The van der Waals surface area contributed by atoms with E-state index in [-0.39, 0.29) is 36.6 Å². The fourth-order valence-electron chi connectivity index (χ4n) is 4.51. The van der Waals surface area contributed by atoms with Gasteiger partial charge in [-0.3, -0.25) is 19.3 Å². The molecule has 7 nitrogen and oxygen atoms in total. The third-order valence-electron chi connectivity index (χ3n) is 6.24. The number of hydrogen-bond donors (Lipinski definition) is 0. The molecule has 2 heterocycles. The van der Waals surface area contributed by atoms with Gasteiger partial charge in [-0.2, -0.15) is 0 Å². The molecule has 1 aromatic carbocycles. The minimum atomic E-state index is -1.15. The van der Waals surface area contributed by atoms with Gasteiger partial charge in [-0.25, -0.2) is 0 Å². The van der Waals surface area contributed by atoms with Crippen LogP contribution >= 0.6 is 0 Å². The SMILES string of the molecule is COCC[C@@H]1CCCCN1C(=O)C[C@]1(c2ccc(OC)cc2)CC(=O)N(C)C1=O. The van der Waals surface area contributed by atoms with Gasteiger partial charge in [0.05, 0.1) is 12.5 Å². The molecule has 0 saturated carbocycles. The molecule has 0 unspecified atom stereocenters. The maximum atomic E-state index is 13.4. The Hall–Kier alpha value is -2.41. The number of methoxy groups -OCH3 is 2. The largest absolute Gasteiger partial charge is 0.497 e. The summed E-state index contributed by atoms with van der Waals surface area (Å²) in [7, 11) is 4.72. The summed E-state index contributed by atoms with van der Waals surface area (Å²) in [4.78, 5) is 42.0. The number of likely N-dealkylation sites (N-methyl/N-ethyl adjacent to an activating group) is 1. The van der Waals surface area contributed by atoms with E-state index in [1.165, 1.54) is 7.05 Å². The first-order valence-corrected chi connectivity index (χ1v) is 10.2. The predicted molar refractivity (Wildman–Crippen MR) is 108 cm³/mol. The van der Waals surface area contributed by atoms with E-state index >= 15 is 0 Å². The van der Waals surface area contributed by atoms with E-state index in [9.17, 15) is 14.4 Å². The van der Waals surface area contributed by atoms with Crippen LogP contribution in [-0.2, 0) is 24.5 Å². The highest BCUT2D eigenvalue weighted by atomic mass is 16.5. The van der Waals surface area contributed by atoms with Crippen LogP contribution in [0.2, 0.25) is 0 Å². The molecule has 2 atom stereocenters. The minimum Gasteiger partial charge on any atom is -0.497 e. The van der Waals surface area contributed by atoms with Crippen molar-refractivity contribution in [3.8, 4) is 5.75 Å². The van der Waals surface area contributed by atoms with Gasteiger partial charge in [0, 0.05) is 46.2 Å². The van der Waals surface area contributed by atoms with E-state index in [4.69, 9.17) is 9.47 Å². The summed E-state index contributed by atoms with van der Waals surface area (Å²) in [5, 5.41) is 0. The molecule has 7 heteroatoms. The highest BCUT2D eigenvalue weighted by Gasteiger charge is 2.53. The number of piperidine rings is 1. The summed E-state index contributed by atoms with van der Waals surface area (Å²) >= 11 is 0. The Labute approximate surface area is 171 Å². The number of likely N-dealkylation sites (tertiary alicyclic amines) is 2. The van der Waals surface area contributed by atoms with Gasteiger partial charge in [0.1, 0.15) is 5.75 Å². The molecule has 2 saturated heterocycles. The molecule has 2 aliphatic rings. The van der Waals surface area contributed by atoms with E-state index in [0.717, 1.165) is 30.6 Å². The maximum absolute atomic E-state index is 13.4. The van der Waals surface area contributed by atoms with Crippen LogP contribution in [0.1, 0.15) is 44.1 Å². The summed E-state index contributed by atoms with van der Waals surface area (Å²) in [6, 6.07) is 7.22. The van der Waals surface area contributed by atoms with Crippen LogP contribution in [0.15, 0.2) is 24.3 Å². The second kappa shape index (κ2) is 8.95. The van der Waals surface area contributed by atoms with Crippen LogP contribution in [0.4, 0.5) is 0 Å². The molecule has 2 aliphatic heterocycles. The van der Waals surface area contributed by atoms with Gasteiger partial charge in [0.15, 0.2) is 0 Å². The molecular formula is C22H30N2O5. The lowest BCUT2D eigenvalue weighted by atomic mass is 9.75. The zero-order chi connectivity index (χ0) is 21.0. The first-order chi connectivity index (χ1) is 13.9. The zero-order valence-electron chi connectivity index (χ0n) is 17.5. The van der Waals surface area contributed by atoms with Crippen molar-refractivity contribution in [3.05, 3.63) is 29.8 Å². The summed E-state index contributed by atoms with van der Waals surface area (Å²) in [6.07, 6.45) is 3.77. The summed E-state index contributed by atoms with van der Waals surface area (Å²) < 4.78 is 10.4. The average Bonchev–Trinajstić information content (AvgIpc) is 2.96. The lowest BCUT2D eigenvalue weighted by molar-refractivity contribution is -0.143. The minimum absolute atomic E-state index is 0.00226. The molecule has 0 radical (unpaired) electrons. The predicted octanol–water partition coefficient (Wildman–Crippen LogP) is 2.13. The van der Waals surface area contributed by atoms with Crippen molar-refractivity contribution in [2.75, 3.05) is 34.4 Å². The average molecular weight is 402 g/mol. The Morgan fingerprint density at radius 3 is 2.48 bits per heavy atom. The Balaban J connectivity index is 1.89. The molecule has 29 heavy (non-hydrogen) atoms. The molecular weight excluding hydrogens is 372 g/mol. The fraction of sp³-hybridized carbons (Fsp3) is 0.591. The van der Waals surface area contributed by atoms with E-state index < -0.39 is 5.41 Å². The second-order valence-electron chi connectivity index (χ2n) is 7.94. The standard InChI is InChI=1S/C22H30N2O5/c1-23-19(25)14-22(21(23)27,16-7-9-18(29-3)10-8-16)15-20(26)24-12-5-4-6-17(24)11-13-28-2/h7-10,17H,4-6,11-15H2,1-3H3/t17-,22-/m0/s1. The number of carbonyl (C=O) groups excluding carboxylic acids is 3. The zero-order valence-corrected chi connectivity index (χ0v) is 17.5. The van der Waals surface area contributed by atoms with Gasteiger partial charge in [0.2, 0.25) is 17.7 Å². The third-order valence-corrected chi connectivity index (χ3v) is 6.24. The van der Waals surface area contributed by atoms with Gasteiger partial charge in [-0.15, -0.1) is 0 Å². The molecule has 0 N–H and O–H groups in total. The van der Waals surface area contributed by atoms with Crippen LogP contribution in [0.3, 0.4) is 0 Å². The smallest absolute Gasteiger partial charge is 0.240 e. The van der Waals surface area contributed by atoms with E-state index in [0.29, 0.717) is 24.5 Å². The van der Waals surface area contributed by atoms with Gasteiger partial charge >= 0.3 is 0 Å². The number of ether oxygens (including phenoxy) is 2. The van der Waals surface area contributed by atoms with Gasteiger partial charge in [0.25, 0.3) is 0 Å². The maximum Gasteiger partial charge on any atom is 0.240 e. The van der Waals surface area contributed by atoms with Crippen LogP contribution in [-0.4, -0.2) is 68.0 Å². The van der Waals surface area contributed by atoms with Crippen molar-refractivity contribution in [1.29, 1.82) is 0 Å². The highest BCUT2D eigenvalue weighted by Crippen LogP contribution is 2.41. The Bertz CT molecular complexity index is 763. The molecule has 0 bridgehead atoms. The van der Waals surface area contributed by atoms with Crippen molar-refractivity contribution >= 4 is 17.7 Å². The lowest BCUT2D eigenvalue weighted by Gasteiger charge is -2.38. The number of imide groups is 1. The lowest BCUT2D eigenvalue weighted by Crippen LogP contribution is -2.48. The van der Waals surface area contributed by atoms with Crippen molar-refractivity contribution in [2.24, 2.45) is 0 Å². The molecule has 158 valence electrons. The molecule has 3 rings (SSSR count). The normalized spacial score (nSPS) is 24.9. The second-order valence-corrected chi connectivity index (χ2v) is 7.94. The van der Waals surface area contributed by atoms with Gasteiger partial charge in [-0.05, 0) is 43.4 Å². The van der Waals surface area contributed by atoms with Gasteiger partial charge in [-0.1, -0.05) is 12.1 Å². The van der Waals surface area contributed by atoms with Gasteiger partial charge < -0.3 is 14.4 Å². The summed E-state index contributed by atoms with van der Waals surface area (Å²) in [5.41, 5.74) is -0.474. The number of benzene rings is 1. The molecule has 0 spiro atoms. The molecule has 1 aromatic rings. The Kier molecular flexibility index (Phi) is 6.57. The van der Waals surface area contributed by atoms with Crippen molar-refractivity contribution in [1.82, 2.24) is 9.80 Å². The molecule has 0 aliphatic carbocycles. The third kappa shape index (κ3) is 4.15. The van der Waals surface area contributed by atoms with Crippen molar-refractivity contribution in [2.45, 2.75) is 50.0 Å². The summed E-state index contributed by atoms with van der Waals surface area (Å²) in [5.74, 6) is 0.0220. The number of rotatable bonds is 7. The van der Waals surface area contributed by atoms with Crippen LogP contribution in [0.5, 0.6) is 5.75 Å². The quantitative estimate of drug-likeness (QED) is 0.653. The Morgan fingerprint density at radius 1 is 1.17 bits per heavy atom. The van der Waals surface area contributed by atoms with Crippen LogP contribution in [0.25, 0.3) is 0 Å². The number of carbonyl (C=O) groups is 3. The Morgan fingerprint density at radius 2 is 1.90 bits per heavy atom. The molecule has 0 aromatic heterocycles. The summed E-state index contributed by atoms with van der Waals surface area (Å²) in [6.45, 7) is 1.28. The van der Waals surface area contributed by atoms with E-state index in [2.05, 4.69) is 0 Å². The monoisotopic (exact) mass is 402 g/mol. The molecule has 3 amide bonds. The molecule has 2 fully saturated rings. The van der Waals surface area contributed by atoms with E-state index in [1.54, 1.807) is 38.5 Å². The number of nitrogens with zero attached hydrogens (tertiary/aromatic N) is 2. The van der Waals surface area contributed by atoms with Crippen LogP contribution < -0.4 is 4.74 Å². The highest BCUT2D eigenvalue weighted by molar-refractivity contribution is 6.10. The van der Waals surface area contributed by atoms with Crippen LogP contribution in [0, 0.1) is 0 Å². The topological polar surface area (TPSA) is 76.2 Å². The fourth-order valence-corrected chi connectivity index (χ4v) is 4.51. The number of amides is 3. The first kappa shape index (κ1) is 21.3. The van der Waals surface area contributed by atoms with Crippen molar-refractivity contribution in [3.63, 3.8) is 0 Å². The van der Waals surface area contributed by atoms with E-state index in [1.807, 2.05) is 4.90 Å².